The zero-order valence-electron chi connectivity index (χ0n) is 12.5. The molecule has 0 radical (unpaired) electrons. The van der Waals surface area contributed by atoms with Crippen molar-refractivity contribution >= 4 is 27.4 Å². The molecule has 120 valence electrons. The number of carbonyl (C=O) groups is 1. The van der Waals surface area contributed by atoms with Crippen molar-refractivity contribution in [3.63, 3.8) is 0 Å². The summed E-state index contributed by atoms with van der Waals surface area (Å²) in [6.07, 6.45) is -0.813. The van der Waals surface area contributed by atoms with Gasteiger partial charge in [-0.25, -0.2) is 0 Å². The number of nitrogens with zero attached hydrogens (tertiary/aromatic N) is 1. The molecule has 0 heterocycles. The van der Waals surface area contributed by atoms with Gasteiger partial charge in [-0.05, 0) is 25.1 Å². The summed E-state index contributed by atoms with van der Waals surface area (Å²) >= 11 is 3.30. The fraction of sp³-hybridized carbons (Fsp3) is 0.188. The van der Waals surface area contributed by atoms with Gasteiger partial charge in [0.25, 0.3) is 5.69 Å². The lowest BCUT2D eigenvalue weighted by Crippen LogP contribution is -2.24. The van der Waals surface area contributed by atoms with Crippen molar-refractivity contribution in [3.8, 4) is 11.5 Å². The normalized spacial score (nSPS) is 11.6. The summed E-state index contributed by atoms with van der Waals surface area (Å²) in [4.78, 5) is 22.7. The van der Waals surface area contributed by atoms with Gasteiger partial charge in [0.2, 0.25) is 5.78 Å². The molecule has 0 bridgehead atoms. The first-order chi connectivity index (χ1) is 10.9. The van der Waals surface area contributed by atoms with Crippen LogP contribution in [0.1, 0.15) is 17.3 Å². The smallest absolute Gasteiger partial charge is 0.273 e. The molecule has 0 spiro atoms. The van der Waals surface area contributed by atoms with E-state index in [1.165, 1.54) is 25.3 Å². The molecule has 0 aliphatic heterocycles. The van der Waals surface area contributed by atoms with Gasteiger partial charge in [-0.1, -0.05) is 28.1 Å². The minimum Gasteiger partial charge on any atom is -0.493 e. The largest absolute Gasteiger partial charge is 0.493 e. The van der Waals surface area contributed by atoms with Crippen molar-refractivity contribution in [3.05, 3.63) is 62.6 Å². The molecule has 0 aliphatic carbocycles. The molecule has 1 atom stereocenters. The van der Waals surface area contributed by atoms with Gasteiger partial charge in [-0.3, -0.25) is 14.9 Å². The molecule has 0 fully saturated rings. The molecule has 23 heavy (non-hydrogen) atoms. The fourth-order valence-corrected chi connectivity index (χ4v) is 2.23. The number of ketones is 1. The van der Waals surface area contributed by atoms with Gasteiger partial charge in [0.15, 0.2) is 17.6 Å². The predicted molar refractivity (Wildman–Crippen MR) is 88.2 cm³/mol. The molecule has 0 unspecified atom stereocenters. The molecule has 7 heteroatoms. The third kappa shape index (κ3) is 4.07. The van der Waals surface area contributed by atoms with Crippen molar-refractivity contribution in [2.45, 2.75) is 13.0 Å². The van der Waals surface area contributed by atoms with E-state index in [9.17, 15) is 14.9 Å². The predicted octanol–water partition coefficient (Wildman–Crippen LogP) is 4.02. The molecule has 6 nitrogen and oxygen atoms in total. The van der Waals surface area contributed by atoms with E-state index in [1.54, 1.807) is 31.2 Å². The highest BCUT2D eigenvalue weighted by Gasteiger charge is 2.20. The Bertz CT molecular complexity index is 730. The molecule has 2 aromatic carbocycles. The fourth-order valence-electron chi connectivity index (χ4n) is 1.96. The second-order valence-corrected chi connectivity index (χ2v) is 5.64. The third-order valence-electron chi connectivity index (χ3n) is 3.16. The highest BCUT2D eigenvalue weighted by atomic mass is 79.9. The summed E-state index contributed by atoms with van der Waals surface area (Å²) in [7, 11) is 1.43. The maximum atomic E-state index is 12.4. The number of rotatable bonds is 6. The Morgan fingerprint density at radius 3 is 2.39 bits per heavy atom. The van der Waals surface area contributed by atoms with Gasteiger partial charge < -0.3 is 9.47 Å². The van der Waals surface area contributed by atoms with Gasteiger partial charge in [-0.2, -0.15) is 0 Å². The van der Waals surface area contributed by atoms with Crippen molar-refractivity contribution in [1.82, 2.24) is 0 Å². The number of methoxy groups -OCH3 is 1. The molecule has 0 aliphatic rings. The van der Waals surface area contributed by atoms with Crippen LogP contribution in [-0.4, -0.2) is 23.9 Å². The topological polar surface area (TPSA) is 78.7 Å². The number of Topliss-reactive ketones (excluding diaryl/α,β-unsaturated/α-hetero) is 1. The summed E-state index contributed by atoms with van der Waals surface area (Å²) in [5.74, 6) is 0.247. The van der Waals surface area contributed by atoms with Crippen LogP contribution in [0, 0.1) is 10.1 Å². The number of hydrogen-bond acceptors (Lipinski definition) is 5. The summed E-state index contributed by atoms with van der Waals surface area (Å²) in [6.45, 7) is 1.59. The van der Waals surface area contributed by atoms with Crippen molar-refractivity contribution in [1.29, 1.82) is 0 Å². The summed E-state index contributed by atoms with van der Waals surface area (Å²) in [5.41, 5.74) is 0.356. The van der Waals surface area contributed by atoms with Crippen LogP contribution < -0.4 is 9.47 Å². The van der Waals surface area contributed by atoms with E-state index in [1.807, 2.05) is 0 Å². The number of nitro benzene ring substituents is 1. The first-order valence-electron chi connectivity index (χ1n) is 6.71. The molecule has 0 amide bonds. The Morgan fingerprint density at radius 2 is 1.83 bits per heavy atom. The lowest BCUT2D eigenvalue weighted by Gasteiger charge is -2.16. The molecule has 0 N–H and O–H groups in total. The van der Waals surface area contributed by atoms with E-state index in [-0.39, 0.29) is 17.2 Å². The highest BCUT2D eigenvalue weighted by Crippen LogP contribution is 2.32. The monoisotopic (exact) mass is 379 g/mol. The molecule has 2 rings (SSSR count). The van der Waals surface area contributed by atoms with Crippen LogP contribution in [0.15, 0.2) is 46.9 Å². The van der Waals surface area contributed by atoms with E-state index < -0.39 is 11.0 Å². The Morgan fingerprint density at radius 1 is 1.17 bits per heavy atom. The zero-order valence-corrected chi connectivity index (χ0v) is 14.1. The minimum atomic E-state index is -0.813. The van der Waals surface area contributed by atoms with Crippen molar-refractivity contribution in [2.75, 3.05) is 7.11 Å². The number of benzene rings is 2. The van der Waals surface area contributed by atoms with Crippen molar-refractivity contribution < 1.29 is 19.2 Å². The molecule has 0 saturated heterocycles. The van der Waals surface area contributed by atoms with Gasteiger partial charge in [-0.15, -0.1) is 0 Å². The number of hydrogen-bond donors (Lipinski definition) is 0. The number of ether oxygens (including phenoxy) is 2. The van der Waals surface area contributed by atoms with Gasteiger partial charge in [0.05, 0.1) is 18.1 Å². The minimum absolute atomic E-state index is 0.135. The Hall–Kier alpha value is -2.41. The lowest BCUT2D eigenvalue weighted by molar-refractivity contribution is -0.385. The molecule has 0 aromatic heterocycles. The van der Waals surface area contributed by atoms with E-state index in [4.69, 9.17) is 9.47 Å². The first-order valence-corrected chi connectivity index (χ1v) is 7.50. The van der Waals surface area contributed by atoms with Crippen LogP contribution in [0.25, 0.3) is 0 Å². The number of carbonyl (C=O) groups excluding carboxylic acids is 1. The highest BCUT2D eigenvalue weighted by molar-refractivity contribution is 9.10. The number of non-ortho nitro benzene ring substituents is 1. The van der Waals surface area contributed by atoms with Crippen LogP contribution in [0.2, 0.25) is 0 Å². The second-order valence-electron chi connectivity index (χ2n) is 4.72. The SMILES string of the molecule is COc1ccc([N+](=O)[O-])cc1O[C@H](C)C(=O)c1ccc(Br)cc1. The third-order valence-corrected chi connectivity index (χ3v) is 3.69. The zero-order chi connectivity index (χ0) is 17.0. The van der Waals surface area contributed by atoms with Crippen LogP contribution in [0.4, 0.5) is 5.69 Å². The average Bonchev–Trinajstić information content (AvgIpc) is 2.54. The molecular formula is C16H14BrNO5. The standard InChI is InChI=1S/C16H14BrNO5/c1-10(16(19)11-3-5-12(17)6-4-11)23-15-9-13(18(20)21)7-8-14(15)22-2/h3-10H,1-2H3/t10-/m1/s1. The summed E-state index contributed by atoms with van der Waals surface area (Å²) in [5, 5.41) is 10.9. The van der Waals surface area contributed by atoms with E-state index in [0.29, 0.717) is 11.3 Å². The van der Waals surface area contributed by atoms with Gasteiger partial charge in [0.1, 0.15) is 0 Å². The van der Waals surface area contributed by atoms with Gasteiger partial charge >= 0.3 is 0 Å². The van der Waals surface area contributed by atoms with Gasteiger partial charge in [0, 0.05) is 16.1 Å². The first kappa shape index (κ1) is 17.0. The molecule has 2 aromatic rings. The summed E-state index contributed by atoms with van der Waals surface area (Å²) in [6, 6.07) is 10.9. The van der Waals surface area contributed by atoms with Crippen LogP contribution in [0.3, 0.4) is 0 Å². The molecule has 0 saturated carbocycles. The average molecular weight is 380 g/mol. The van der Waals surface area contributed by atoms with Crippen molar-refractivity contribution in [2.24, 2.45) is 0 Å². The number of halogens is 1. The Labute approximate surface area is 141 Å². The Kier molecular flexibility index (Phi) is 5.33. The lowest BCUT2D eigenvalue weighted by atomic mass is 10.1. The second kappa shape index (κ2) is 7.23. The van der Waals surface area contributed by atoms with E-state index in [0.717, 1.165) is 4.47 Å². The van der Waals surface area contributed by atoms with E-state index in [2.05, 4.69) is 15.9 Å². The Balaban J connectivity index is 2.23. The van der Waals surface area contributed by atoms with E-state index >= 15 is 0 Å². The van der Waals surface area contributed by atoms with Crippen LogP contribution >= 0.6 is 15.9 Å². The van der Waals surface area contributed by atoms with Crippen LogP contribution in [-0.2, 0) is 0 Å². The maximum Gasteiger partial charge on any atom is 0.273 e. The molecular weight excluding hydrogens is 366 g/mol. The number of nitro groups is 1. The quantitative estimate of drug-likeness (QED) is 0.430. The summed E-state index contributed by atoms with van der Waals surface area (Å²) < 4.78 is 11.6. The van der Waals surface area contributed by atoms with Crippen LogP contribution in [0.5, 0.6) is 11.5 Å². The maximum absolute atomic E-state index is 12.4.